The number of piperidine rings is 1. The smallest absolute Gasteiger partial charge is 0.260 e. The van der Waals surface area contributed by atoms with E-state index >= 15 is 0 Å². The molecular weight excluding hydrogens is 320 g/mol. The molecule has 1 fully saturated rings. The molecule has 25 heavy (non-hydrogen) atoms. The molecule has 7 nitrogen and oxygen atoms in total. The number of aryl methyl sites for hydroxylation is 1. The standard InChI is InChI=1S/C18H22N4O3/c1-13-9-20-22(10-13)15-5-3-7-21(11-15)17(23)12-25-16-6-2-4-14(8-16)18(19)24/h2,4,6,8-10,15H,3,5,7,11-12H2,1H3,(H2,19,24)/t15-/m1/s1. The Morgan fingerprint density at radius 1 is 1.40 bits per heavy atom. The Kier molecular flexibility index (Phi) is 5.02. The lowest BCUT2D eigenvalue weighted by Gasteiger charge is -2.32. The lowest BCUT2D eigenvalue weighted by atomic mass is 10.1. The third-order valence-corrected chi connectivity index (χ3v) is 4.33. The van der Waals surface area contributed by atoms with Gasteiger partial charge in [0.2, 0.25) is 5.91 Å². The van der Waals surface area contributed by atoms with Crippen molar-refractivity contribution in [1.82, 2.24) is 14.7 Å². The molecule has 0 unspecified atom stereocenters. The summed E-state index contributed by atoms with van der Waals surface area (Å²) in [5, 5.41) is 4.36. The number of ether oxygens (including phenoxy) is 1. The Balaban J connectivity index is 1.57. The number of hydrogen-bond acceptors (Lipinski definition) is 4. The van der Waals surface area contributed by atoms with Crippen LogP contribution < -0.4 is 10.5 Å². The van der Waals surface area contributed by atoms with Crippen LogP contribution in [-0.4, -0.2) is 46.2 Å². The second-order valence-corrected chi connectivity index (χ2v) is 6.31. The molecule has 1 atom stereocenters. The number of benzene rings is 1. The Morgan fingerprint density at radius 2 is 2.24 bits per heavy atom. The maximum absolute atomic E-state index is 12.5. The van der Waals surface area contributed by atoms with Gasteiger partial charge in [0.1, 0.15) is 5.75 Å². The van der Waals surface area contributed by atoms with Gasteiger partial charge in [-0.25, -0.2) is 0 Å². The Labute approximate surface area is 146 Å². The second-order valence-electron chi connectivity index (χ2n) is 6.31. The van der Waals surface area contributed by atoms with Gasteiger partial charge in [0.25, 0.3) is 5.91 Å². The minimum Gasteiger partial charge on any atom is -0.484 e. The summed E-state index contributed by atoms with van der Waals surface area (Å²) in [6, 6.07) is 6.73. The number of hydrogen-bond donors (Lipinski definition) is 1. The van der Waals surface area contributed by atoms with Gasteiger partial charge in [-0.1, -0.05) is 6.07 Å². The number of likely N-dealkylation sites (tertiary alicyclic amines) is 1. The van der Waals surface area contributed by atoms with Gasteiger partial charge in [-0.2, -0.15) is 5.10 Å². The molecule has 132 valence electrons. The highest BCUT2D eigenvalue weighted by molar-refractivity contribution is 5.93. The van der Waals surface area contributed by atoms with Crippen LogP contribution >= 0.6 is 0 Å². The average molecular weight is 342 g/mol. The van der Waals surface area contributed by atoms with Crippen LogP contribution in [0.5, 0.6) is 5.75 Å². The number of carbonyl (C=O) groups is 2. The highest BCUT2D eigenvalue weighted by atomic mass is 16.5. The van der Waals surface area contributed by atoms with Crippen LogP contribution in [0.4, 0.5) is 0 Å². The molecule has 2 N–H and O–H groups in total. The molecule has 2 amide bonds. The van der Waals surface area contributed by atoms with E-state index in [2.05, 4.69) is 5.10 Å². The van der Waals surface area contributed by atoms with Gasteiger partial charge in [-0.15, -0.1) is 0 Å². The zero-order valence-corrected chi connectivity index (χ0v) is 14.2. The molecule has 3 rings (SSSR count). The molecular formula is C18H22N4O3. The van der Waals surface area contributed by atoms with Crippen LogP contribution in [0.2, 0.25) is 0 Å². The Morgan fingerprint density at radius 3 is 2.96 bits per heavy atom. The minimum atomic E-state index is -0.523. The summed E-state index contributed by atoms with van der Waals surface area (Å²) in [4.78, 5) is 25.5. The SMILES string of the molecule is Cc1cnn([C@@H]2CCCN(C(=O)COc3cccc(C(N)=O)c3)C2)c1. The van der Waals surface area contributed by atoms with Crippen molar-refractivity contribution in [2.45, 2.75) is 25.8 Å². The number of nitrogens with zero attached hydrogens (tertiary/aromatic N) is 3. The lowest BCUT2D eigenvalue weighted by Crippen LogP contribution is -2.43. The van der Waals surface area contributed by atoms with Gasteiger partial charge < -0.3 is 15.4 Å². The number of carbonyl (C=O) groups excluding carboxylic acids is 2. The van der Waals surface area contributed by atoms with Gasteiger partial charge in [0.05, 0.1) is 12.2 Å². The first-order valence-electron chi connectivity index (χ1n) is 8.34. The maximum atomic E-state index is 12.5. The lowest BCUT2D eigenvalue weighted by molar-refractivity contribution is -0.135. The van der Waals surface area contributed by atoms with E-state index in [-0.39, 0.29) is 18.6 Å². The molecule has 7 heteroatoms. The second kappa shape index (κ2) is 7.38. The first-order chi connectivity index (χ1) is 12.0. The number of amides is 2. The molecule has 0 spiro atoms. The number of rotatable bonds is 5. The molecule has 1 aliphatic rings. The van der Waals surface area contributed by atoms with Gasteiger partial charge in [0.15, 0.2) is 6.61 Å². The van der Waals surface area contributed by atoms with Crippen LogP contribution in [0.15, 0.2) is 36.7 Å². The molecule has 1 aromatic heterocycles. The first-order valence-corrected chi connectivity index (χ1v) is 8.34. The third kappa shape index (κ3) is 4.17. The van der Waals surface area contributed by atoms with Crippen molar-refractivity contribution >= 4 is 11.8 Å². The van der Waals surface area contributed by atoms with Crippen molar-refractivity contribution < 1.29 is 14.3 Å². The van der Waals surface area contributed by atoms with E-state index in [1.54, 1.807) is 24.3 Å². The molecule has 0 bridgehead atoms. The fourth-order valence-electron chi connectivity index (χ4n) is 3.01. The van der Waals surface area contributed by atoms with Crippen LogP contribution in [0.25, 0.3) is 0 Å². The van der Waals surface area contributed by atoms with Gasteiger partial charge in [-0.3, -0.25) is 14.3 Å². The number of primary amides is 1. The van der Waals surface area contributed by atoms with Crippen LogP contribution in [0, 0.1) is 6.92 Å². The van der Waals surface area contributed by atoms with Crippen molar-refractivity contribution in [1.29, 1.82) is 0 Å². The van der Waals surface area contributed by atoms with Crippen LogP contribution in [-0.2, 0) is 4.79 Å². The van der Waals surface area contributed by atoms with E-state index in [0.717, 1.165) is 24.9 Å². The van der Waals surface area contributed by atoms with E-state index in [0.29, 0.717) is 17.9 Å². The van der Waals surface area contributed by atoms with E-state index in [1.807, 2.05) is 28.9 Å². The molecule has 0 radical (unpaired) electrons. The van der Waals surface area contributed by atoms with E-state index in [9.17, 15) is 9.59 Å². The molecule has 1 aliphatic heterocycles. The van der Waals surface area contributed by atoms with Crippen LogP contribution in [0.1, 0.15) is 34.8 Å². The van der Waals surface area contributed by atoms with Crippen LogP contribution in [0.3, 0.4) is 0 Å². The fourth-order valence-corrected chi connectivity index (χ4v) is 3.01. The number of aromatic nitrogens is 2. The Bertz CT molecular complexity index is 771. The van der Waals surface area contributed by atoms with Crippen molar-refractivity contribution in [2.24, 2.45) is 5.73 Å². The van der Waals surface area contributed by atoms with Gasteiger partial charge in [0, 0.05) is 24.8 Å². The van der Waals surface area contributed by atoms with Gasteiger partial charge in [-0.05, 0) is 43.5 Å². The zero-order chi connectivity index (χ0) is 17.8. The highest BCUT2D eigenvalue weighted by Crippen LogP contribution is 2.21. The zero-order valence-electron chi connectivity index (χ0n) is 14.2. The molecule has 0 aliphatic carbocycles. The van der Waals surface area contributed by atoms with Crippen molar-refractivity contribution in [3.63, 3.8) is 0 Å². The summed E-state index contributed by atoms with van der Waals surface area (Å²) >= 11 is 0. The predicted molar refractivity (Wildman–Crippen MR) is 92.3 cm³/mol. The molecule has 0 saturated carbocycles. The molecule has 2 heterocycles. The largest absolute Gasteiger partial charge is 0.484 e. The van der Waals surface area contributed by atoms with E-state index in [4.69, 9.17) is 10.5 Å². The predicted octanol–water partition coefficient (Wildman–Crippen LogP) is 1.53. The normalized spacial score (nSPS) is 17.3. The Hall–Kier alpha value is -2.83. The number of nitrogens with two attached hydrogens (primary N) is 1. The topological polar surface area (TPSA) is 90.4 Å². The van der Waals surface area contributed by atoms with E-state index in [1.165, 1.54) is 0 Å². The summed E-state index contributed by atoms with van der Waals surface area (Å²) < 4.78 is 7.47. The summed E-state index contributed by atoms with van der Waals surface area (Å²) in [7, 11) is 0. The summed E-state index contributed by atoms with van der Waals surface area (Å²) in [5.74, 6) is -0.135. The van der Waals surface area contributed by atoms with Crippen molar-refractivity contribution in [3.8, 4) is 5.75 Å². The first kappa shape index (κ1) is 17.0. The van der Waals surface area contributed by atoms with E-state index < -0.39 is 5.91 Å². The third-order valence-electron chi connectivity index (χ3n) is 4.33. The molecule has 1 saturated heterocycles. The van der Waals surface area contributed by atoms with Crippen molar-refractivity contribution in [3.05, 3.63) is 47.8 Å². The molecule has 2 aromatic rings. The highest BCUT2D eigenvalue weighted by Gasteiger charge is 2.25. The monoisotopic (exact) mass is 342 g/mol. The molecule has 1 aromatic carbocycles. The summed E-state index contributed by atoms with van der Waals surface area (Å²) in [6.07, 6.45) is 5.78. The minimum absolute atomic E-state index is 0.0624. The quantitative estimate of drug-likeness (QED) is 0.892. The fraction of sp³-hybridized carbons (Fsp3) is 0.389. The average Bonchev–Trinajstić information content (AvgIpc) is 3.06. The summed E-state index contributed by atoms with van der Waals surface area (Å²) in [6.45, 7) is 3.29. The maximum Gasteiger partial charge on any atom is 0.260 e. The summed E-state index contributed by atoms with van der Waals surface area (Å²) in [5.41, 5.74) is 6.72. The van der Waals surface area contributed by atoms with Gasteiger partial charge >= 0.3 is 0 Å². The van der Waals surface area contributed by atoms with Crippen molar-refractivity contribution in [2.75, 3.05) is 19.7 Å².